The van der Waals surface area contributed by atoms with Crippen molar-refractivity contribution in [1.82, 2.24) is 4.98 Å². The zero-order chi connectivity index (χ0) is 14.8. The molecule has 1 aliphatic rings. The smallest absolute Gasteiger partial charge is 0.235 e. The number of aliphatic hydroxyl groups excluding tert-OH is 1. The van der Waals surface area contributed by atoms with Crippen LogP contribution >= 0.6 is 0 Å². The molecule has 1 fully saturated rings. The Morgan fingerprint density at radius 3 is 2.95 bits per heavy atom. The SMILES string of the molecule is COc1ccccc1-c1nc(C#N)c(N2CCC(O)C2)o1. The fourth-order valence-corrected chi connectivity index (χ4v) is 2.46. The maximum atomic E-state index is 9.62. The van der Waals surface area contributed by atoms with Gasteiger partial charge >= 0.3 is 0 Å². The van der Waals surface area contributed by atoms with Crippen LogP contribution in [0.1, 0.15) is 12.1 Å². The van der Waals surface area contributed by atoms with Crippen LogP contribution in [0.3, 0.4) is 0 Å². The van der Waals surface area contributed by atoms with Crippen LogP contribution in [0, 0.1) is 11.3 Å². The minimum Gasteiger partial charge on any atom is -0.496 e. The van der Waals surface area contributed by atoms with Crippen molar-refractivity contribution in [2.75, 3.05) is 25.1 Å². The van der Waals surface area contributed by atoms with Crippen LogP contribution in [-0.4, -0.2) is 36.4 Å². The minimum absolute atomic E-state index is 0.227. The van der Waals surface area contributed by atoms with Crippen molar-refractivity contribution in [1.29, 1.82) is 5.26 Å². The van der Waals surface area contributed by atoms with Gasteiger partial charge in [0.1, 0.15) is 11.8 Å². The van der Waals surface area contributed by atoms with Crippen LogP contribution in [0.5, 0.6) is 5.75 Å². The lowest BCUT2D eigenvalue weighted by Crippen LogP contribution is -2.21. The van der Waals surface area contributed by atoms with Crippen molar-refractivity contribution in [2.24, 2.45) is 0 Å². The van der Waals surface area contributed by atoms with Gasteiger partial charge in [0.05, 0.1) is 18.8 Å². The molecule has 0 saturated carbocycles. The highest BCUT2D eigenvalue weighted by atomic mass is 16.5. The molecule has 1 N–H and O–H groups in total. The summed E-state index contributed by atoms with van der Waals surface area (Å²) in [5.41, 5.74) is 0.924. The maximum Gasteiger partial charge on any atom is 0.235 e. The lowest BCUT2D eigenvalue weighted by molar-refractivity contribution is 0.198. The number of benzene rings is 1. The van der Waals surface area contributed by atoms with Gasteiger partial charge in [0.25, 0.3) is 0 Å². The minimum atomic E-state index is -0.392. The summed E-state index contributed by atoms with van der Waals surface area (Å²) in [5.74, 6) is 1.39. The van der Waals surface area contributed by atoms with Gasteiger partial charge in [-0.15, -0.1) is 0 Å². The molecule has 1 aromatic heterocycles. The number of ether oxygens (including phenoxy) is 1. The van der Waals surface area contributed by atoms with E-state index in [2.05, 4.69) is 4.98 Å². The van der Waals surface area contributed by atoms with Crippen LogP contribution < -0.4 is 9.64 Å². The number of para-hydroxylation sites is 1. The summed E-state index contributed by atoms with van der Waals surface area (Å²) < 4.78 is 11.1. The summed E-state index contributed by atoms with van der Waals surface area (Å²) >= 11 is 0. The molecule has 0 aliphatic carbocycles. The summed E-state index contributed by atoms with van der Waals surface area (Å²) in [6, 6.07) is 9.39. The van der Waals surface area contributed by atoms with Gasteiger partial charge in [-0.2, -0.15) is 10.2 Å². The molecule has 6 heteroatoms. The van der Waals surface area contributed by atoms with Gasteiger partial charge < -0.3 is 19.2 Å². The Morgan fingerprint density at radius 2 is 2.29 bits per heavy atom. The van der Waals surface area contributed by atoms with E-state index in [0.29, 0.717) is 42.6 Å². The zero-order valence-corrected chi connectivity index (χ0v) is 11.6. The number of hydrogen-bond donors (Lipinski definition) is 1. The number of nitriles is 1. The topological polar surface area (TPSA) is 82.5 Å². The van der Waals surface area contributed by atoms with Gasteiger partial charge in [0.2, 0.25) is 17.5 Å². The van der Waals surface area contributed by atoms with Crippen molar-refractivity contribution in [3.8, 4) is 23.3 Å². The van der Waals surface area contributed by atoms with Gasteiger partial charge in [-0.1, -0.05) is 12.1 Å². The first kappa shape index (κ1) is 13.5. The first-order valence-electron chi connectivity index (χ1n) is 6.70. The molecule has 1 unspecified atom stereocenters. The van der Waals surface area contributed by atoms with Gasteiger partial charge in [-0.25, -0.2) is 0 Å². The zero-order valence-electron chi connectivity index (χ0n) is 11.6. The largest absolute Gasteiger partial charge is 0.496 e. The first-order chi connectivity index (χ1) is 10.2. The van der Waals surface area contributed by atoms with Gasteiger partial charge in [0, 0.05) is 13.1 Å². The van der Waals surface area contributed by atoms with Crippen molar-refractivity contribution in [3.63, 3.8) is 0 Å². The number of nitrogens with zero attached hydrogens (tertiary/aromatic N) is 3. The monoisotopic (exact) mass is 285 g/mol. The van der Waals surface area contributed by atoms with E-state index in [9.17, 15) is 10.4 Å². The molecule has 6 nitrogen and oxygen atoms in total. The van der Waals surface area contributed by atoms with Crippen molar-refractivity contribution < 1.29 is 14.3 Å². The molecule has 0 radical (unpaired) electrons. The lowest BCUT2D eigenvalue weighted by Gasteiger charge is -2.13. The second-order valence-electron chi connectivity index (χ2n) is 4.87. The Hall–Kier alpha value is -2.52. The van der Waals surface area contributed by atoms with Crippen LogP contribution in [0.2, 0.25) is 0 Å². The molecule has 1 aliphatic heterocycles. The van der Waals surface area contributed by atoms with E-state index in [4.69, 9.17) is 9.15 Å². The van der Waals surface area contributed by atoms with Crippen LogP contribution in [0.4, 0.5) is 5.88 Å². The van der Waals surface area contributed by atoms with E-state index in [-0.39, 0.29) is 5.69 Å². The van der Waals surface area contributed by atoms with Crippen LogP contribution in [0.25, 0.3) is 11.5 Å². The summed E-state index contributed by atoms with van der Waals surface area (Å²) in [4.78, 5) is 6.09. The highest BCUT2D eigenvalue weighted by Gasteiger charge is 2.27. The molecule has 0 spiro atoms. The van der Waals surface area contributed by atoms with E-state index in [1.54, 1.807) is 7.11 Å². The third kappa shape index (κ3) is 2.43. The van der Waals surface area contributed by atoms with E-state index in [1.165, 1.54) is 0 Å². The number of aliphatic hydroxyl groups is 1. The van der Waals surface area contributed by atoms with Crippen molar-refractivity contribution in [3.05, 3.63) is 30.0 Å². The molecule has 1 aromatic carbocycles. The Balaban J connectivity index is 2.02. The second-order valence-corrected chi connectivity index (χ2v) is 4.87. The summed E-state index contributed by atoms with van der Waals surface area (Å²) in [7, 11) is 1.57. The van der Waals surface area contributed by atoms with Gasteiger partial charge in [-0.3, -0.25) is 0 Å². The number of anilines is 1. The van der Waals surface area contributed by atoms with Crippen LogP contribution in [-0.2, 0) is 0 Å². The number of oxazole rings is 1. The number of rotatable bonds is 3. The highest BCUT2D eigenvalue weighted by molar-refractivity contribution is 5.66. The molecule has 3 rings (SSSR count). The van der Waals surface area contributed by atoms with E-state index in [1.807, 2.05) is 35.2 Å². The Morgan fingerprint density at radius 1 is 1.48 bits per heavy atom. The number of methoxy groups -OCH3 is 1. The first-order valence-corrected chi connectivity index (χ1v) is 6.70. The molecule has 0 bridgehead atoms. The normalized spacial score (nSPS) is 17.8. The predicted octanol–water partition coefficient (Wildman–Crippen LogP) is 1.79. The van der Waals surface area contributed by atoms with Crippen molar-refractivity contribution in [2.45, 2.75) is 12.5 Å². The van der Waals surface area contributed by atoms with E-state index >= 15 is 0 Å². The average Bonchev–Trinajstić information content (AvgIpc) is 3.12. The Kier molecular flexibility index (Phi) is 3.50. The van der Waals surface area contributed by atoms with E-state index in [0.717, 1.165) is 0 Å². The summed E-state index contributed by atoms with van der Waals surface area (Å²) in [6.07, 6.45) is 0.270. The fourth-order valence-electron chi connectivity index (χ4n) is 2.46. The fraction of sp³-hybridized carbons (Fsp3) is 0.333. The van der Waals surface area contributed by atoms with E-state index < -0.39 is 6.10 Å². The molecule has 21 heavy (non-hydrogen) atoms. The third-order valence-corrected chi connectivity index (χ3v) is 3.50. The van der Waals surface area contributed by atoms with Gasteiger partial charge in [0.15, 0.2) is 0 Å². The summed E-state index contributed by atoms with van der Waals surface area (Å²) in [5, 5.41) is 18.9. The molecule has 1 atom stereocenters. The standard InChI is InChI=1S/C15H15N3O3/c1-20-13-5-3-2-4-11(13)14-17-12(8-16)15(21-14)18-7-6-10(19)9-18/h2-5,10,19H,6-7,9H2,1H3. The molecule has 1 saturated heterocycles. The quantitative estimate of drug-likeness (QED) is 0.925. The predicted molar refractivity (Wildman–Crippen MR) is 76.0 cm³/mol. The molecule has 108 valence electrons. The summed E-state index contributed by atoms with van der Waals surface area (Å²) in [6.45, 7) is 1.10. The van der Waals surface area contributed by atoms with Crippen molar-refractivity contribution >= 4 is 5.88 Å². The Labute approximate surface area is 122 Å². The second kappa shape index (κ2) is 5.46. The number of hydrogen-bond acceptors (Lipinski definition) is 6. The third-order valence-electron chi connectivity index (χ3n) is 3.50. The number of aromatic nitrogens is 1. The molecule has 2 heterocycles. The van der Waals surface area contributed by atoms with Gasteiger partial charge in [-0.05, 0) is 18.6 Å². The highest BCUT2D eigenvalue weighted by Crippen LogP contribution is 2.34. The Bertz CT molecular complexity index is 690. The molecule has 2 aromatic rings. The number of β-amino-alcohol motifs (C(OH)–C–C–N with tert-alkyl or cyclic N) is 1. The molecular weight excluding hydrogens is 270 g/mol. The molecule has 0 amide bonds. The average molecular weight is 285 g/mol. The van der Waals surface area contributed by atoms with Crippen LogP contribution in [0.15, 0.2) is 28.7 Å². The maximum absolute atomic E-state index is 9.62. The lowest BCUT2D eigenvalue weighted by atomic mass is 10.2. The molecular formula is C15H15N3O3.